The Morgan fingerprint density at radius 3 is 2.92 bits per heavy atom. The van der Waals surface area contributed by atoms with Crippen molar-refractivity contribution >= 4 is 34.6 Å². The molecule has 1 aliphatic rings. The van der Waals surface area contributed by atoms with E-state index >= 15 is 0 Å². The molecule has 3 rings (SSSR count). The highest BCUT2D eigenvalue weighted by Crippen LogP contribution is 2.25. The van der Waals surface area contributed by atoms with E-state index in [-0.39, 0.29) is 18.2 Å². The van der Waals surface area contributed by atoms with Crippen molar-refractivity contribution in [1.29, 1.82) is 0 Å². The maximum absolute atomic E-state index is 12.3. The summed E-state index contributed by atoms with van der Waals surface area (Å²) < 4.78 is 0. The average Bonchev–Trinajstić information content (AvgIpc) is 3.09. The predicted octanol–water partition coefficient (Wildman–Crippen LogP) is 2.56. The second kappa shape index (κ2) is 6.92. The lowest BCUT2D eigenvalue weighted by molar-refractivity contribution is -0.119. The zero-order valence-electron chi connectivity index (χ0n) is 13.6. The highest BCUT2D eigenvalue weighted by Gasteiger charge is 2.26. The summed E-state index contributed by atoms with van der Waals surface area (Å²) >= 11 is 1.48. The predicted molar refractivity (Wildman–Crippen MR) is 94.0 cm³/mol. The van der Waals surface area contributed by atoms with Crippen LogP contribution in [-0.4, -0.2) is 22.5 Å². The topological polar surface area (TPSA) is 74.7 Å². The van der Waals surface area contributed by atoms with Crippen LogP contribution in [0.2, 0.25) is 0 Å². The Morgan fingerprint density at radius 1 is 1.33 bits per heavy atom. The van der Waals surface area contributed by atoms with Crippen molar-refractivity contribution in [2.45, 2.75) is 33.2 Å². The van der Waals surface area contributed by atoms with Gasteiger partial charge in [0.05, 0.1) is 12.2 Å². The minimum atomic E-state index is -0.256. The molecule has 0 saturated carbocycles. The van der Waals surface area contributed by atoms with Crippen LogP contribution in [0.5, 0.6) is 0 Å². The van der Waals surface area contributed by atoms with Gasteiger partial charge in [-0.25, -0.2) is 9.99 Å². The fraction of sp³-hybridized carbons (Fsp3) is 0.294. The molecule has 0 spiro atoms. The van der Waals surface area contributed by atoms with Crippen molar-refractivity contribution in [3.8, 4) is 0 Å². The molecule has 2 aromatic rings. The van der Waals surface area contributed by atoms with E-state index in [1.54, 1.807) is 6.20 Å². The number of thiazole rings is 1. The van der Waals surface area contributed by atoms with Crippen molar-refractivity contribution in [2.24, 2.45) is 5.10 Å². The van der Waals surface area contributed by atoms with Crippen molar-refractivity contribution in [3.05, 3.63) is 45.9 Å². The Hall–Kier alpha value is -2.54. The summed E-state index contributed by atoms with van der Waals surface area (Å²) in [6.45, 7) is 4.25. The van der Waals surface area contributed by atoms with Gasteiger partial charge in [0.2, 0.25) is 5.91 Å². The van der Waals surface area contributed by atoms with Crippen LogP contribution in [0.1, 0.15) is 29.0 Å². The summed E-state index contributed by atoms with van der Waals surface area (Å²) in [6.07, 6.45) is 2.33. The Kier molecular flexibility index (Phi) is 4.71. The number of carbonyl (C=O) groups excluding carboxylic acids is 2. The molecule has 0 aliphatic carbocycles. The van der Waals surface area contributed by atoms with Crippen LogP contribution in [0.15, 0.2) is 34.9 Å². The molecule has 124 valence electrons. The van der Waals surface area contributed by atoms with Crippen molar-refractivity contribution in [2.75, 3.05) is 5.01 Å². The van der Waals surface area contributed by atoms with Gasteiger partial charge < -0.3 is 5.32 Å². The fourth-order valence-electron chi connectivity index (χ4n) is 2.45. The number of aromatic nitrogens is 1. The number of nitrogens with one attached hydrogen (secondary N) is 1. The van der Waals surface area contributed by atoms with Gasteiger partial charge in [0.15, 0.2) is 0 Å². The molecule has 1 aromatic heterocycles. The second-order valence-corrected chi connectivity index (χ2v) is 6.63. The molecule has 0 unspecified atom stereocenters. The lowest BCUT2D eigenvalue weighted by Gasteiger charge is -2.24. The molecule has 1 aromatic carbocycles. The van der Waals surface area contributed by atoms with E-state index in [4.69, 9.17) is 0 Å². The van der Waals surface area contributed by atoms with Gasteiger partial charge in [0.1, 0.15) is 10.7 Å². The lowest BCUT2D eigenvalue weighted by atomic mass is 10.1. The zero-order chi connectivity index (χ0) is 17.1. The highest BCUT2D eigenvalue weighted by molar-refractivity contribution is 7.09. The quantitative estimate of drug-likeness (QED) is 0.928. The molecular weight excluding hydrogens is 324 g/mol. The lowest BCUT2D eigenvalue weighted by Crippen LogP contribution is -2.39. The third-order valence-corrected chi connectivity index (χ3v) is 4.55. The number of aryl methyl sites for hydroxylation is 2. The number of amides is 2. The Bertz CT molecular complexity index is 799. The number of rotatable bonds is 4. The molecule has 1 N–H and O–H groups in total. The molecule has 2 heterocycles. The molecule has 7 heteroatoms. The maximum Gasteiger partial charge on any atom is 0.267 e. The summed E-state index contributed by atoms with van der Waals surface area (Å²) in [4.78, 5) is 28.7. The van der Waals surface area contributed by atoms with Gasteiger partial charge >= 0.3 is 0 Å². The molecular formula is C17H18N4O2S. The molecule has 2 amide bonds. The van der Waals surface area contributed by atoms with Crippen LogP contribution < -0.4 is 10.3 Å². The van der Waals surface area contributed by atoms with E-state index in [1.165, 1.54) is 16.3 Å². The summed E-state index contributed by atoms with van der Waals surface area (Å²) in [5, 5.41) is 11.2. The number of hydrogen-bond donors (Lipinski definition) is 1. The molecule has 6 nitrogen and oxygen atoms in total. The second-order valence-electron chi connectivity index (χ2n) is 5.65. The van der Waals surface area contributed by atoms with Gasteiger partial charge in [-0.2, -0.15) is 5.10 Å². The summed E-state index contributed by atoms with van der Waals surface area (Å²) in [5.41, 5.74) is 3.08. The summed E-state index contributed by atoms with van der Waals surface area (Å²) in [6, 6.07) is 5.84. The Morgan fingerprint density at radius 2 is 2.17 bits per heavy atom. The first kappa shape index (κ1) is 16.3. The van der Waals surface area contributed by atoms with Crippen LogP contribution in [0, 0.1) is 13.8 Å². The van der Waals surface area contributed by atoms with Crippen molar-refractivity contribution in [1.82, 2.24) is 10.3 Å². The number of benzene rings is 1. The van der Waals surface area contributed by atoms with Gasteiger partial charge in [-0.3, -0.25) is 9.59 Å². The van der Waals surface area contributed by atoms with Gasteiger partial charge in [0, 0.05) is 24.4 Å². The molecule has 0 bridgehead atoms. The zero-order valence-corrected chi connectivity index (χ0v) is 14.4. The number of nitrogens with zero attached hydrogens (tertiary/aromatic N) is 3. The van der Waals surface area contributed by atoms with Crippen molar-refractivity contribution in [3.63, 3.8) is 0 Å². The molecule has 24 heavy (non-hydrogen) atoms. The largest absolute Gasteiger partial charge is 0.344 e. The standard InChI is InChI=1S/C17H18N4O2S/c1-11-3-4-12(2)14(9-11)21-16(22)6-5-13(20-21)17(23)19-10-15-18-7-8-24-15/h3-4,7-9H,5-6,10H2,1-2H3,(H,19,23). The molecule has 0 atom stereocenters. The van der Waals surface area contributed by atoms with Crippen molar-refractivity contribution < 1.29 is 9.59 Å². The van der Waals surface area contributed by atoms with Gasteiger partial charge in [0.25, 0.3) is 5.91 Å². The minimum Gasteiger partial charge on any atom is -0.344 e. The summed E-state index contributed by atoms with van der Waals surface area (Å²) in [5.74, 6) is -0.354. The van der Waals surface area contributed by atoms with E-state index in [0.717, 1.165) is 21.8 Å². The third kappa shape index (κ3) is 3.51. The van der Waals surface area contributed by atoms with Crippen LogP contribution in [0.25, 0.3) is 0 Å². The Labute approximate surface area is 144 Å². The first-order valence-corrected chi connectivity index (χ1v) is 8.57. The molecule has 1 aliphatic heterocycles. The average molecular weight is 342 g/mol. The molecule has 0 radical (unpaired) electrons. The van der Waals surface area contributed by atoms with E-state index in [1.807, 2.05) is 37.4 Å². The maximum atomic E-state index is 12.3. The smallest absolute Gasteiger partial charge is 0.267 e. The van der Waals surface area contributed by atoms with E-state index in [9.17, 15) is 9.59 Å². The first-order chi connectivity index (χ1) is 11.5. The molecule has 0 saturated heterocycles. The van der Waals surface area contributed by atoms with E-state index in [2.05, 4.69) is 15.4 Å². The van der Waals surface area contributed by atoms with Crippen LogP contribution in [-0.2, 0) is 16.1 Å². The number of carbonyl (C=O) groups is 2. The van der Waals surface area contributed by atoms with Crippen LogP contribution in [0.4, 0.5) is 5.69 Å². The van der Waals surface area contributed by atoms with Crippen LogP contribution >= 0.6 is 11.3 Å². The Balaban J connectivity index is 1.79. The van der Waals surface area contributed by atoms with E-state index < -0.39 is 0 Å². The number of hydrazone groups is 1. The molecule has 0 fully saturated rings. The first-order valence-electron chi connectivity index (χ1n) is 7.69. The monoisotopic (exact) mass is 342 g/mol. The summed E-state index contributed by atoms with van der Waals surface area (Å²) in [7, 11) is 0. The third-order valence-electron chi connectivity index (χ3n) is 3.77. The van der Waals surface area contributed by atoms with E-state index in [0.29, 0.717) is 18.7 Å². The number of hydrogen-bond acceptors (Lipinski definition) is 5. The van der Waals surface area contributed by atoms with Gasteiger partial charge in [-0.15, -0.1) is 11.3 Å². The normalized spacial score (nSPS) is 14.5. The van der Waals surface area contributed by atoms with Gasteiger partial charge in [-0.05, 0) is 31.0 Å². The fourth-order valence-corrected chi connectivity index (χ4v) is 3.01. The minimum absolute atomic E-state index is 0.0971. The highest BCUT2D eigenvalue weighted by atomic mass is 32.1. The number of anilines is 1. The van der Waals surface area contributed by atoms with Gasteiger partial charge in [-0.1, -0.05) is 12.1 Å². The SMILES string of the molecule is Cc1ccc(C)c(N2N=C(C(=O)NCc3nccs3)CCC2=O)c1. The van der Waals surface area contributed by atoms with Crippen LogP contribution in [0.3, 0.4) is 0 Å².